The second-order valence-corrected chi connectivity index (χ2v) is 11.2. The van der Waals surface area contributed by atoms with Crippen molar-refractivity contribution in [1.82, 2.24) is 9.80 Å². The molecule has 0 N–H and O–H groups in total. The number of ether oxygens (including phenoxy) is 1. The summed E-state index contributed by atoms with van der Waals surface area (Å²) in [5.41, 5.74) is 1.60. The average Bonchev–Trinajstić information content (AvgIpc) is 3.34. The molecule has 0 spiro atoms. The van der Waals surface area contributed by atoms with Crippen molar-refractivity contribution in [2.24, 2.45) is 5.92 Å². The fourth-order valence-corrected chi connectivity index (χ4v) is 5.55. The molecule has 1 aliphatic rings. The third kappa shape index (κ3) is 6.61. The summed E-state index contributed by atoms with van der Waals surface area (Å²) >= 11 is 13.8. The average molecular weight is 546 g/mol. The smallest absolute Gasteiger partial charge is 0.254 e. The summed E-state index contributed by atoms with van der Waals surface area (Å²) in [6, 6.07) is 15.9. The highest BCUT2D eigenvalue weighted by Gasteiger charge is 2.33. The third-order valence-corrected chi connectivity index (χ3v) is 7.78. The van der Waals surface area contributed by atoms with E-state index in [9.17, 15) is 9.59 Å². The Balaban J connectivity index is 1.53. The van der Waals surface area contributed by atoms with Crippen LogP contribution in [0.5, 0.6) is 5.75 Å². The van der Waals surface area contributed by atoms with Gasteiger partial charge in [0.1, 0.15) is 18.9 Å². The van der Waals surface area contributed by atoms with E-state index in [0.29, 0.717) is 47.0 Å². The molecule has 4 rings (SSSR count). The molecule has 0 aliphatic carbocycles. The molecule has 1 atom stereocenters. The summed E-state index contributed by atoms with van der Waals surface area (Å²) in [6.07, 6.45) is 1.60. The van der Waals surface area contributed by atoms with E-state index in [1.54, 1.807) is 52.6 Å². The van der Waals surface area contributed by atoms with Crippen LogP contribution in [-0.2, 0) is 11.2 Å². The normalized spacial score (nSPS) is 15.0. The molecule has 190 valence electrons. The molecule has 0 saturated heterocycles. The maximum Gasteiger partial charge on any atom is 0.254 e. The van der Waals surface area contributed by atoms with Gasteiger partial charge >= 0.3 is 0 Å². The molecule has 1 unspecified atom stereocenters. The number of thiophene rings is 1. The first-order valence-electron chi connectivity index (χ1n) is 12.1. The molecule has 0 fully saturated rings. The van der Waals surface area contributed by atoms with Crippen LogP contribution in [0.2, 0.25) is 10.0 Å². The number of carbonyl (C=O) groups is 2. The largest absolute Gasteiger partial charge is 0.491 e. The molecule has 1 aliphatic heterocycles. The molecule has 0 radical (unpaired) electrons. The Morgan fingerprint density at radius 3 is 2.61 bits per heavy atom. The van der Waals surface area contributed by atoms with Gasteiger partial charge in [-0.3, -0.25) is 9.59 Å². The summed E-state index contributed by atoms with van der Waals surface area (Å²) in [5, 5.41) is 3.20. The van der Waals surface area contributed by atoms with Gasteiger partial charge < -0.3 is 14.5 Å². The maximum atomic E-state index is 13.7. The summed E-state index contributed by atoms with van der Waals surface area (Å²) in [4.78, 5) is 31.8. The summed E-state index contributed by atoms with van der Waals surface area (Å²) in [5.74, 6) is 0.826. The van der Waals surface area contributed by atoms with Gasteiger partial charge in [0.2, 0.25) is 5.91 Å². The van der Waals surface area contributed by atoms with Gasteiger partial charge in [0.25, 0.3) is 5.91 Å². The van der Waals surface area contributed by atoms with Crippen LogP contribution in [0.15, 0.2) is 60.0 Å². The number of nitrogens with zero attached hydrogens (tertiary/aromatic N) is 2. The standard InChI is InChI=1S/C28H30Cl2N2O3S/c1-19(2)10-13-31(28(34)20-4-3-5-22(30)16-20)17-27(33)32-14-11-26-24(12-15-36-26)25(32)18-35-23-8-6-21(29)7-9-23/h3-9,12,15-16,19,25H,10-11,13-14,17-18H2,1-2H3. The van der Waals surface area contributed by atoms with E-state index in [-0.39, 0.29) is 24.4 Å². The number of benzene rings is 2. The third-order valence-electron chi connectivity index (χ3n) is 6.30. The Morgan fingerprint density at radius 1 is 1.11 bits per heavy atom. The van der Waals surface area contributed by atoms with E-state index < -0.39 is 0 Å². The lowest BCUT2D eigenvalue weighted by Gasteiger charge is -2.37. The fourth-order valence-electron chi connectivity index (χ4n) is 4.31. The van der Waals surface area contributed by atoms with Crippen LogP contribution in [0, 0.1) is 5.92 Å². The van der Waals surface area contributed by atoms with Crippen molar-refractivity contribution in [2.75, 3.05) is 26.2 Å². The Labute approximate surface area is 226 Å². The minimum atomic E-state index is -0.226. The van der Waals surface area contributed by atoms with E-state index in [2.05, 4.69) is 25.3 Å². The Morgan fingerprint density at radius 2 is 1.89 bits per heavy atom. The first kappa shape index (κ1) is 26.5. The molecule has 1 aromatic heterocycles. The predicted molar refractivity (Wildman–Crippen MR) is 146 cm³/mol. The van der Waals surface area contributed by atoms with Gasteiger partial charge in [-0.2, -0.15) is 0 Å². The van der Waals surface area contributed by atoms with Crippen molar-refractivity contribution < 1.29 is 14.3 Å². The molecule has 0 bridgehead atoms. The lowest BCUT2D eigenvalue weighted by atomic mass is 10.00. The molecule has 2 heterocycles. The van der Waals surface area contributed by atoms with Crippen LogP contribution in [0.25, 0.3) is 0 Å². The molecule has 36 heavy (non-hydrogen) atoms. The number of amides is 2. The van der Waals surface area contributed by atoms with Gasteiger partial charge in [-0.1, -0.05) is 43.1 Å². The molecule has 5 nitrogen and oxygen atoms in total. The van der Waals surface area contributed by atoms with Crippen molar-refractivity contribution in [2.45, 2.75) is 32.7 Å². The van der Waals surface area contributed by atoms with Gasteiger partial charge in [-0.05, 0) is 78.2 Å². The van der Waals surface area contributed by atoms with Gasteiger partial charge in [-0.15, -0.1) is 11.3 Å². The monoisotopic (exact) mass is 544 g/mol. The van der Waals surface area contributed by atoms with Crippen molar-refractivity contribution in [3.05, 3.63) is 86.0 Å². The van der Waals surface area contributed by atoms with Crippen molar-refractivity contribution in [3.63, 3.8) is 0 Å². The zero-order chi connectivity index (χ0) is 25.7. The maximum absolute atomic E-state index is 13.7. The van der Waals surface area contributed by atoms with Crippen LogP contribution < -0.4 is 4.74 Å². The van der Waals surface area contributed by atoms with Crippen LogP contribution in [0.4, 0.5) is 0 Å². The first-order valence-corrected chi connectivity index (χ1v) is 13.7. The van der Waals surface area contributed by atoms with Crippen LogP contribution in [0.3, 0.4) is 0 Å². The van der Waals surface area contributed by atoms with E-state index >= 15 is 0 Å². The van der Waals surface area contributed by atoms with E-state index in [0.717, 1.165) is 18.4 Å². The number of carbonyl (C=O) groups excluding carboxylic acids is 2. The number of hydrogen-bond acceptors (Lipinski definition) is 4. The molecule has 2 amide bonds. The molecular weight excluding hydrogens is 515 g/mol. The zero-order valence-electron chi connectivity index (χ0n) is 20.5. The number of fused-ring (bicyclic) bond motifs is 1. The highest BCUT2D eigenvalue weighted by atomic mass is 35.5. The van der Waals surface area contributed by atoms with Gasteiger partial charge in [0.05, 0.1) is 6.04 Å². The summed E-state index contributed by atoms with van der Waals surface area (Å²) in [7, 11) is 0. The minimum absolute atomic E-state index is 0.00891. The van der Waals surface area contributed by atoms with Crippen LogP contribution >= 0.6 is 34.5 Å². The van der Waals surface area contributed by atoms with E-state index in [1.807, 2.05) is 17.0 Å². The number of rotatable bonds is 9. The lowest BCUT2D eigenvalue weighted by molar-refractivity contribution is -0.135. The number of hydrogen-bond donors (Lipinski definition) is 0. The van der Waals surface area contributed by atoms with Gasteiger partial charge in [-0.25, -0.2) is 0 Å². The Hall–Kier alpha value is -2.54. The van der Waals surface area contributed by atoms with E-state index in [1.165, 1.54) is 4.88 Å². The van der Waals surface area contributed by atoms with Gasteiger partial charge in [0, 0.05) is 33.6 Å². The molecule has 8 heteroatoms. The van der Waals surface area contributed by atoms with Crippen molar-refractivity contribution in [1.29, 1.82) is 0 Å². The molecule has 3 aromatic rings. The minimum Gasteiger partial charge on any atom is -0.491 e. The predicted octanol–water partition coefficient (Wildman–Crippen LogP) is 6.75. The zero-order valence-corrected chi connectivity index (χ0v) is 22.8. The second-order valence-electron chi connectivity index (χ2n) is 9.34. The van der Waals surface area contributed by atoms with Crippen LogP contribution in [-0.4, -0.2) is 47.9 Å². The van der Waals surface area contributed by atoms with Crippen molar-refractivity contribution >= 4 is 46.4 Å². The second kappa shape index (κ2) is 12.1. The van der Waals surface area contributed by atoms with Gasteiger partial charge in [0.15, 0.2) is 0 Å². The van der Waals surface area contributed by atoms with Crippen molar-refractivity contribution in [3.8, 4) is 5.75 Å². The SMILES string of the molecule is CC(C)CCN(CC(=O)N1CCc2sccc2C1COc1ccc(Cl)cc1)C(=O)c1cccc(Cl)c1. The summed E-state index contributed by atoms with van der Waals surface area (Å²) < 4.78 is 6.08. The Bertz CT molecular complexity index is 1200. The number of halogens is 2. The topological polar surface area (TPSA) is 49.9 Å². The molecule has 0 saturated carbocycles. The highest BCUT2D eigenvalue weighted by molar-refractivity contribution is 7.10. The first-order chi connectivity index (χ1) is 17.3. The van der Waals surface area contributed by atoms with E-state index in [4.69, 9.17) is 27.9 Å². The Kier molecular flexibility index (Phi) is 8.94. The quantitative estimate of drug-likeness (QED) is 0.299. The fraction of sp³-hybridized carbons (Fsp3) is 0.357. The lowest BCUT2D eigenvalue weighted by Crippen LogP contribution is -2.48. The molecular formula is C28H30Cl2N2O3S. The summed E-state index contributed by atoms with van der Waals surface area (Å²) in [6.45, 7) is 5.64. The molecule has 2 aromatic carbocycles. The highest BCUT2D eigenvalue weighted by Crippen LogP contribution is 2.34. The van der Waals surface area contributed by atoms with Crippen LogP contribution in [0.1, 0.15) is 47.1 Å².